The molecular formula is C57H94N4O6. The summed E-state index contributed by atoms with van der Waals surface area (Å²) in [5, 5.41) is 6.11. The van der Waals surface area contributed by atoms with E-state index in [9.17, 15) is 9.59 Å². The van der Waals surface area contributed by atoms with Gasteiger partial charge in [0, 0.05) is 41.7 Å². The molecule has 10 nitrogen and oxygen atoms in total. The number of aromatic amines is 1. The fourth-order valence-corrected chi connectivity index (χ4v) is 11.3. The van der Waals surface area contributed by atoms with Crippen LogP contribution in [0, 0.1) is 69.0 Å². The number of aromatic nitrogens is 1. The lowest BCUT2D eigenvalue weighted by Crippen LogP contribution is -2.50. The maximum Gasteiger partial charge on any atom is 0.342 e. The molecule has 0 saturated heterocycles. The van der Waals surface area contributed by atoms with Crippen LogP contribution in [0.4, 0.5) is 5.82 Å². The summed E-state index contributed by atoms with van der Waals surface area (Å²) < 4.78 is 13.7. The number of nitrogens with zero attached hydrogens (tertiary/aromatic N) is 1. The third-order valence-electron chi connectivity index (χ3n) is 15.1. The molecule has 1 aromatic heterocycles. The van der Waals surface area contributed by atoms with E-state index in [1.165, 1.54) is 0 Å². The average Bonchev–Trinajstić information content (AvgIpc) is 3.71. The Bertz CT molecular complexity index is 1990. The molecule has 1 aromatic rings. The van der Waals surface area contributed by atoms with Crippen molar-refractivity contribution in [2.75, 3.05) is 5.32 Å². The van der Waals surface area contributed by atoms with Crippen molar-refractivity contribution in [1.29, 1.82) is 0 Å². The van der Waals surface area contributed by atoms with Crippen LogP contribution in [0.25, 0.3) is 6.08 Å². The molecule has 67 heavy (non-hydrogen) atoms. The first-order chi connectivity index (χ1) is 30.7. The normalized spacial score (nSPS) is 26.1. The number of amides is 2. The number of hydrogen-bond donors (Lipinski definition) is 3. The summed E-state index contributed by atoms with van der Waals surface area (Å²) in [4.78, 5) is 66.0. The summed E-state index contributed by atoms with van der Waals surface area (Å²) in [5.41, 5.74) is 2.45. The van der Waals surface area contributed by atoms with Crippen LogP contribution < -0.4 is 10.6 Å². The van der Waals surface area contributed by atoms with Crippen LogP contribution in [-0.2, 0) is 23.9 Å². The number of H-pyrrole nitrogens is 1. The van der Waals surface area contributed by atoms with Gasteiger partial charge in [-0.05, 0) is 94.6 Å². The molecule has 4 unspecified atom stereocenters. The maximum atomic E-state index is 15.2. The molecule has 2 saturated carbocycles. The monoisotopic (exact) mass is 931 g/mol. The predicted octanol–water partition coefficient (Wildman–Crippen LogP) is 14.1. The van der Waals surface area contributed by atoms with Gasteiger partial charge in [-0.1, -0.05) is 158 Å². The molecule has 10 heteroatoms. The largest absolute Gasteiger partial charge is 0.458 e. The highest BCUT2D eigenvalue weighted by Crippen LogP contribution is 2.52. The number of carbonyl (C=O) groups is 4. The zero-order chi connectivity index (χ0) is 50.9. The molecule has 4 atom stereocenters. The van der Waals surface area contributed by atoms with E-state index in [1.807, 2.05) is 47.6 Å². The molecule has 0 radical (unpaired) electrons. The number of aliphatic imine (C=N–C) groups is 1. The van der Waals surface area contributed by atoms with E-state index in [1.54, 1.807) is 0 Å². The van der Waals surface area contributed by atoms with Crippen molar-refractivity contribution < 1.29 is 28.7 Å². The minimum absolute atomic E-state index is 0.116. The number of esters is 2. The summed E-state index contributed by atoms with van der Waals surface area (Å²) in [6, 6.07) is 0. The standard InChI is InChI=1S/C57H94N4O6/c1-22-23-24-25-42(62)60-49-45(52(64)66-47-36(54(10,11)12)26-34(8)27-37(47)55(13,14)15)43(31(2)3)40(58-49)30-41-44(32(4)5)46(50(59-41)61-51(63)33(6)7)53(65)67-48-38(56(16,17)18)28-35(9)29-39(48)57(19,20)21/h30-39,47-48,58H,22-29H2,1-21H3,(H,60,62)(H,59,61,63). The van der Waals surface area contributed by atoms with Gasteiger partial charge in [0.05, 0.1) is 5.70 Å². The van der Waals surface area contributed by atoms with Crippen LogP contribution >= 0.6 is 0 Å². The third-order valence-corrected chi connectivity index (χ3v) is 15.1. The van der Waals surface area contributed by atoms with Crippen molar-refractivity contribution in [3.8, 4) is 0 Å². The van der Waals surface area contributed by atoms with Crippen molar-refractivity contribution in [3.63, 3.8) is 0 Å². The van der Waals surface area contributed by atoms with Crippen molar-refractivity contribution in [1.82, 2.24) is 10.3 Å². The Labute approximate surface area is 406 Å². The second-order valence-corrected chi connectivity index (χ2v) is 26.2. The van der Waals surface area contributed by atoms with Gasteiger partial charge in [0.1, 0.15) is 35.0 Å². The topological polar surface area (TPSA) is 139 Å². The Morgan fingerprint density at radius 2 is 1.12 bits per heavy atom. The van der Waals surface area contributed by atoms with Crippen LogP contribution in [0.2, 0.25) is 0 Å². The van der Waals surface area contributed by atoms with E-state index in [4.69, 9.17) is 14.5 Å². The Hall–Kier alpha value is -3.69. The van der Waals surface area contributed by atoms with Gasteiger partial charge in [-0.2, -0.15) is 0 Å². The zero-order valence-corrected chi connectivity index (χ0v) is 46.0. The highest BCUT2D eigenvalue weighted by atomic mass is 16.5. The van der Waals surface area contributed by atoms with Gasteiger partial charge < -0.3 is 25.1 Å². The quantitative estimate of drug-likeness (QED) is 0.133. The number of rotatable bonds is 13. The van der Waals surface area contributed by atoms with Crippen molar-refractivity contribution >= 4 is 41.5 Å². The van der Waals surface area contributed by atoms with E-state index < -0.39 is 11.9 Å². The molecule has 3 N–H and O–H groups in total. The van der Waals surface area contributed by atoms with Gasteiger partial charge in [0.2, 0.25) is 11.8 Å². The second-order valence-electron chi connectivity index (χ2n) is 26.2. The SMILES string of the molecule is CCCCCC(=O)Nc1[nH]c(C=C2N=C(NC(=O)C(C)C)C(C(=O)OC3C(C(C)(C)C)CC(C)CC3C(C)(C)C)=C2C(C)C)c(C(C)C)c1C(=O)OC1C(C(C)(C)C)CC(C)CC1C(C)(C)C. The number of allylic oxidation sites excluding steroid dienone is 1. The first-order valence-electron chi connectivity index (χ1n) is 26.0. The molecule has 2 fully saturated rings. The Balaban J connectivity index is 1.98. The summed E-state index contributed by atoms with van der Waals surface area (Å²) in [5.74, 6) is -0.302. The van der Waals surface area contributed by atoms with Crippen LogP contribution in [0.3, 0.4) is 0 Å². The van der Waals surface area contributed by atoms with Crippen LogP contribution in [0.15, 0.2) is 21.8 Å². The Morgan fingerprint density at radius 3 is 1.51 bits per heavy atom. The molecule has 1 aliphatic heterocycles. The predicted molar refractivity (Wildman–Crippen MR) is 276 cm³/mol. The zero-order valence-electron chi connectivity index (χ0n) is 46.0. The van der Waals surface area contributed by atoms with E-state index in [0.29, 0.717) is 52.2 Å². The first kappa shape index (κ1) is 55.9. The van der Waals surface area contributed by atoms with Gasteiger partial charge in [0.25, 0.3) is 0 Å². The van der Waals surface area contributed by atoms with Crippen LogP contribution in [0.5, 0.6) is 0 Å². The number of ether oxygens (including phenoxy) is 2. The van der Waals surface area contributed by atoms with Gasteiger partial charge in [-0.3, -0.25) is 9.59 Å². The van der Waals surface area contributed by atoms with Crippen LogP contribution in [-0.4, -0.2) is 46.8 Å². The molecule has 378 valence electrons. The summed E-state index contributed by atoms with van der Waals surface area (Å²) in [7, 11) is 0. The fraction of sp³-hybridized carbons (Fsp3) is 0.772. The van der Waals surface area contributed by atoms with E-state index in [-0.39, 0.29) is 98.5 Å². The third kappa shape index (κ3) is 13.6. The molecule has 2 aliphatic carbocycles. The lowest BCUT2D eigenvalue weighted by atomic mass is 9.59. The summed E-state index contributed by atoms with van der Waals surface area (Å²) >= 11 is 0. The van der Waals surface area contributed by atoms with E-state index >= 15 is 9.59 Å². The molecule has 0 aromatic carbocycles. The fourth-order valence-electron chi connectivity index (χ4n) is 11.3. The lowest BCUT2D eigenvalue weighted by Gasteiger charge is -2.50. The Morgan fingerprint density at radius 1 is 0.672 bits per heavy atom. The minimum atomic E-state index is -0.499. The highest BCUT2D eigenvalue weighted by molar-refractivity contribution is 6.25. The van der Waals surface area contributed by atoms with E-state index in [2.05, 4.69) is 119 Å². The van der Waals surface area contributed by atoms with Gasteiger partial charge >= 0.3 is 11.9 Å². The molecular weight excluding hydrogens is 837 g/mol. The summed E-state index contributed by atoms with van der Waals surface area (Å²) in [6.07, 6.45) is 7.90. The molecule has 2 heterocycles. The number of unbranched alkanes of at least 4 members (excludes halogenated alkanes) is 2. The molecule has 4 rings (SSSR count). The van der Waals surface area contributed by atoms with Crippen molar-refractivity contribution in [2.24, 2.45) is 74.0 Å². The maximum absolute atomic E-state index is 15.2. The first-order valence-corrected chi connectivity index (χ1v) is 26.0. The van der Waals surface area contributed by atoms with Crippen LogP contribution in [0.1, 0.15) is 224 Å². The van der Waals surface area contributed by atoms with E-state index in [0.717, 1.165) is 44.9 Å². The Kier molecular flexibility index (Phi) is 18.0. The second kappa shape index (κ2) is 21.5. The lowest BCUT2D eigenvalue weighted by molar-refractivity contribution is -0.164. The van der Waals surface area contributed by atoms with Gasteiger partial charge in [-0.15, -0.1) is 0 Å². The number of nitrogens with one attached hydrogen (secondary N) is 3. The smallest absolute Gasteiger partial charge is 0.342 e. The average molecular weight is 931 g/mol. The number of hydrogen-bond acceptors (Lipinski definition) is 7. The van der Waals surface area contributed by atoms with Gasteiger partial charge in [0.15, 0.2) is 0 Å². The number of amidine groups is 1. The molecule has 0 spiro atoms. The van der Waals surface area contributed by atoms with Gasteiger partial charge in [-0.25, -0.2) is 14.6 Å². The number of carbonyl (C=O) groups excluding carboxylic acids is 4. The van der Waals surface area contributed by atoms with Crippen molar-refractivity contribution in [3.05, 3.63) is 33.7 Å². The summed E-state index contributed by atoms with van der Waals surface area (Å²) in [6.45, 7) is 45.3. The molecule has 2 amide bonds. The molecule has 0 bridgehead atoms. The highest BCUT2D eigenvalue weighted by Gasteiger charge is 2.50. The van der Waals surface area contributed by atoms with Crippen molar-refractivity contribution in [2.45, 2.75) is 215 Å². The molecule has 3 aliphatic rings. The number of anilines is 1. The minimum Gasteiger partial charge on any atom is -0.458 e.